The van der Waals surface area contributed by atoms with Gasteiger partial charge in [-0.05, 0) is 40.2 Å². The smallest absolute Gasteiger partial charge is 0.205 e. The molecule has 90 valence electrons. The van der Waals surface area contributed by atoms with Crippen molar-refractivity contribution in [2.24, 2.45) is 0 Å². The molecule has 0 saturated heterocycles. The Bertz CT molecular complexity index is 738. The van der Waals surface area contributed by atoms with Crippen LogP contribution in [0.25, 0.3) is 16.7 Å². The van der Waals surface area contributed by atoms with Crippen molar-refractivity contribution in [2.45, 2.75) is 0 Å². The first kappa shape index (κ1) is 11.5. The van der Waals surface area contributed by atoms with Gasteiger partial charge in [0.25, 0.3) is 0 Å². The fourth-order valence-corrected chi connectivity index (χ4v) is 2.33. The van der Waals surface area contributed by atoms with E-state index in [-0.39, 0.29) is 0 Å². The minimum atomic E-state index is 0.423. The number of rotatable bonds is 1. The van der Waals surface area contributed by atoms with E-state index in [1.165, 1.54) is 0 Å². The van der Waals surface area contributed by atoms with Crippen LogP contribution in [0.15, 0.2) is 41.1 Å². The highest BCUT2D eigenvalue weighted by molar-refractivity contribution is 9.10. The minimum Gasteiger partial charge on any atom is -0.369 e. The average molecular weight is 324 g/mol. The lowest BCUT2D eigenvalue weighted by atomic mass is 10.3. The van der Waals surface area contributed by atoms with Crippen LogP contribution in [-0.2, 0) is 0 Å². The first-order chi connectivity index (χ1) is 8.66. The molecule has 0 radical (unpaired) electrons. The van der Waals surface area contributed by atoms with Gasteiger partial charge in [-0.3, -0.25) is 9.55 Å². The fourth-order valence-electron chi connectivity index (χ4n) is 1.85. The van der Waals surface area contributed by atoms with Crippen LogP contribution in [0.1, 0.15) is 0 Å². The summed E-state index contributed by atoms with van der Waals surface area (Å²) in [6.07, 6.45) is 3.40. The van der Waals surface area contributed by atoms with E-state index in [0.29, 0.717) is 11.0 Å². The molecule has 2 aromatic heterocycles. The van der Waals surface area contributed by atoms with Gasteiger partial charge in [0.05, 0.1) is 22.4 Å². The zero-order chi connectivity index (χ0) is 12.7. The summed E-state index contributed by atoms with van der Waals surface area (Å²) >= 11 is 9.39. The number of nitrogen functional groups attached to an aromatic ring is 1. The van der Waals surface area contributed by atoms with Crippen LogP contribution < -0.4 is 5.73 Å². The SMILES string of the molecule is Nc1nc2cnccc2n1-c1ccc(Cl)c(Br)c1. The molecule has 1 aromatic carbocycles. The third kappa shape index (κ3) is 1.76. The van der Waals surface area contributed by atoms with E-state index in [2.05, 4.69) is 25.9 Å². The van der Waals surface area contributed by atoms with Gasteiger partial charge in [-0.15, -0.1) is 0 Å². The normalized spacial score (nSPS) is 11.0. The molecule has 2 heterocycles. The predicted octanol–water partition coefficient (Wildman–Crippen LogP) is 3.42. The molecule has 0 aliphatic rings. The summed E-state index contributed by atoms with van der Waals surface area (Å²) in [5.74, 6) is 0.423. The Labute approximate surface area is 117 Å². The van der Waals surface area contributed by atoms with Crippen LogP contribution in [0.4, 0.5) is 5.95 Å². The second-order valence-electron chi connectivity index (χ2n) is 3.77. The number of aromatic nitrogens is 3. The zero-order valence-corrected chi connectivity index (χ0v) is 11.5. The predicted molar refractivity (Wildman–Crippen MR) is 76.0 cm³/mol. The minimum absolute atomic E-state index is 0.423. The van der Waals surface area contributed by atoms with Crippen molar-refractivity contribution in [3.63, 3.8) is 0 Å². The number of benzene rings is 1. The van der Waals surface area contributed by atoms with Crippen LogP contribution >= 0.6 is 27.5 Å². The molecule has 0 atom stereocenters. The fraction of sp³-hybridized carbons (Fsp3) is 0. The molecule has 0 fully saturated rings. The summed E-state index contributed by atoms with van der Waals surface area (Å²) in [7, 11) is 0. The third-order valence-corrected chi connectivity index (χ3v) is 3.86. The van der Waals surface area contributed by atoms with Crippen molar-refractivity contribution in [3.8, 4) is 5.69 Å². The Morgan fingerprint density at radius 2 is 2.11 bits per heavy atom. The molecule has 3 rings (SSSR count). The number of hydrogen-bond donors (Lipinski definition) is 1. The molecule has 0 saturated carbocycles. The average Bonchev–Trinajstić information content (AvgIpc) is 2.69. The Morgan fingerprint density at radius 3 is 2.89 bits per heavy atom. The number of pyridine rings is 1. The zero-order valence-electron chi connectivity index (χ0n) is 9.14. The summed E-state index contributed by atoms with van der Waals surface area (Å²) < 4.78 is 2.68. The van der Waals surface area contributed by atoms with Crippen LogP contribution in [-0.4, -0.2) is 14.5 Å². The highest BCUT2D eigenvalue weighted by Gasteiger charge is 2.10. The van der Waals surface area contributed by atoms with E-state index in [0.717, 1.165) is 21.2 Å². The molecule has 0 aliphatic heterocycles. The number of nitrogens with two attached hydrogens (primary N) is 1. The molecule has 4 nitrogen and oxygen atoms in total. The number of halogens is 2. The van der Waals surface area contributed by atoms with E-state index in [9.17, 15) is 0 Å². The summed E-state index contributed by atoms with van der Waals surface area (Å²) in [5.41, 5.74) is 8.53. The van der Waals surface area contributed by atoms with Gasteiger partial charge in [-0.25, -0.2) is 4.98 Å². The van der Waals surface area contributed by atoms with E-state index < -0.39 is 0 Å². The van der Waals surface area contributed by atoms with Crippen LogP contribution in [0.5, 0.6) is 0 Å². The third-order valence-electron chi connectivity index (χ3n) is 2.64. The molecule has 0 spiro atoms. The standard InChI is InChI=1S/C12H8BrClN4/c13-8-5-7(1-2-9(8)14)18-11-3-4-16-6-10(11)17-12(18)15/h1-6H,(H2,15,17). The summed E-state index contributed by atoms with van der Waals surface area (Å²) in [6, 6.07) is 7.49. The molecular formula is C12H8BrClN4. The van der Waals surface area contributed by atoms with Gasteiger partial charge < -0.3 is 5.73 Å². The Balaban J connectivity index is 2.30. The molecule has 18 heavy (non-hydrogen) atoms. The Kier molecular flexibility index (Phi) is 2.72. The number of hydrogen-bond acceptors (Lipinski definition) is 3. The highest BCUT2D eigenvalue weighted by Crippen LogP contribution is 2.28. The highest BCUT2D eigenvalue weighted by atomic mass is 79.9. The van der Waals surface area contributed by atoms with E-state index in [1.807, 2.05) is 28.8 Å². The van der Waals surface area contributed by atoms with E-state index in [4.69, 9.17) is 17.3 Å². The van der Waals surface area contributed by atoms with Crippen LogP contribution in [0.3, 0.4) is 0 Å². The second kappa shape index (κ2) is 4.26. The largest absolute Gasteiger partial charge is 0.369 e. The molecule has 0 bridgehead atoms. The quantitative estimate of drug-likeness (QED) is 0.746. The molecule has 6 heteroatoms. The van der Waals surface area contributed by atoms with Crippen LogP contribution in [0.2, 0.25) is 5.02 Å². The lowest BCUT2D eigenvalue weighted by Gasteiger charge is -2.07. The Morgan fingerprint density at radius 1 is 1.28 bits per heavy atom. The molecule has 0 aliphatic carbocycles. The van der Waals surface area contributed by atoms with Crippen molar-refractivity contribution >= 4 is 44.5 Å². The first-order valence-corrected chi connectivity index (χ1v) is 6.37. The number of nitrogens with zero attached hydrogens (tertiary/aromatic N) is 3. The maximum atomic E-state index is 5.99. The maximum Gasteiger partial charge on any atom is 0.205 e. The Hall–Kier alpha value is -1.59. The van der Waals surface area contributed by atoms with E-state index >= 15 is 0 Å². The number of imidazole rings is 1. The molecule has 0 unspecified atom stereocenters. The molecule has 3 aromatic rings. The van der Waals surface area contributed by atoms with Crippen LogP contribution in [0, 0.1) is 0 Å². The monoisotopic (exact) mass is 322 g/mol. The van der Waals surface area contributed by atoms with Gasteiger partial charge in [-0.1, -0.05) is 11.6 Å². The van der Waals surface area contributed by atoms with Gasteiger partial charge in [0.1, 0.15) is 5.52 Å². The first-order valence-electron chi connectivity index (χ1n) is 5.20. The van der Waals surface area contributed by atoms with E-state index in [1.54, 1.807) is 12.4 Å². The summed E-state index contributed by atoms with van der Waals surface area (Å²) in [4.78, 5) is 8.30. The van der Waals surface area contributed by atoms with Gasteiger partial charge in [0, 0.05) is 10.7 Å². The number of fused-ring (bicyclic) bond motifs is 1. The number of anilines is 1. The maximum absolute atomic E-state index is 5.99. The lowest BCUT2D eigenvalue weighted by Crippen LogP contribution is -2.00. The molecule has 2 N–H and O–H groups in total. The van der Waals surface area contributed by atoms with Crippen molar-refractivity contribution in [3.05, 3.63) is 46.2 Å². The lowest BCUT2D eigenvalue weighted by molar-refractivity contribution is 1.11. The van der Waals surface area contributed by atoms with Gasteiger partial charge in [-0.2, -0.15) is 0 Å². The van der Waals surface area contributed by atoms with Crippen molar-refractivity contribution < 1.29 is 0 Å². The topological polar surface area (TPSA) is 56.7 Å². The summed E-state index contributed by atoms with van der Waals surface area (Å²) in [6.45, 7) is 0. The van der Waals surface area contributed by atoms with Crippen molar-refractivity contribution in [1.82, 2.24) is 14.5 Å². The molecule has 0 amide bonds. The van der Waals surface area contributed by atoms with Gasteiger partial charge >= 0.3 is 0 Å². The summed E-state index contributed by atoms with van der Waals surface area (Å²) in [5, 5.41) is 0.656. The molecular weight excluding hydrogens is 316 g/mol. The van der Waals surface area contributed by atoms with Gasteiger partial charge in [0.2, 0.25) is 5.95 Å². The van der Waals surface area contributed by atoms with Gasteiger partial charge in [0.15, 0.2) is 0 Å². The second-order valence-corrected chi connectivity index (χ2v) is 5.03. The van der Waals surface area contributed by atoms with Crippen molar-refractivity contribution in [1.29, 1.82) is 0 Å². The van der Waals surface area contributed by atoms with Crippen molar-refractivity contribution in [2.75, 3.05) is 5.73 Å².